The first kappa shape index (κ1) is 17.2. The van der Waals surface area contributed by atoms with Gasteiger partial charge in [-0.3, -0.25) is 9.59 Å². The fourth-order valence-corrected chi connectivity index (χ4v) is 3.28. The molecule has 2 aromatic rings. The number of rotatable bonds is 5. The highest BCUT2D eigenvalue weighted by molar-refractivity contribution is 5.99. The number of nitrogens with zero attached hydrogens (tertiary/aromatic N) is 1. The van der Waals surface area contributed by atoms with E-state index in [1.54, 1.807) is 36.2 Å². The lowest BCUT2D eigenvalue weighted by molar-refractivity contribution is 0.0785. The first-order valence-electron chi connectivity index (χ1n) is 8.84. The van der Waals surface area contributed by atoms with Crippen molar-refractivity contribution >= 4 is 11.8 Å². The van der Waals surface area contributed by atoms with Gasteiger partial charge in [0.1, 0.15) is 0 Å². The van der Waals surface area contributed by atoms with Crippen LogP contribution in [0.15, 0.2) is 54.6 Å². The van der Waals surface area contributed by atoms with Gasteiger partial charge in [0.05, 0.1) is 0 Å². The molecule has 130 valence electrons. The van der Waals surface area contributed by atoms with Crippen LogP contribution in [0.3, 0.4) is 0 Å². The predicted octanol–water partition coefficient (Wildman–Crippen LogP) is 3.63. The molecule has 4 heteroatoms. The quantitative estimate of drug-likeness (QED) is 0.906. The zero-order valence-corrected chi connectivity index (χ0v) is 14.6. The van der Waals surface area contributed by atoms with Gasteiger partial charge in [0, 0.05) is 30.8 Å². The molecule has 1 N–H and O–H groups in total. The van der Waals surface area contributed by atoms with E-state index in [0.29, 0.717) is 17.7 Å². The molecule has 0 saturated heterocycles. The van der Waals surface area contributed by atoms with E-state index < -0.39 is 0 Å². The van der Waals surface area contributed by atoms with Gasteiger partial charge in [-0.15, -0.1) is 0 Å². The smallest absolute Gasteiger partial charge is 0.253 e. The first-order chi connectivity index (χ1) is 12.1. The Kier molecular flexibility index (Phi) is 5.49. The van der Waals surface area contributed by atoms with E-state index in [1.165, 1.54) is 12.8 Å². The summed E-state index contributed by atoms with van der Waals surface area (Å²) in [6.45, 7) is 0.540. The molecule has 0 aromatic heterocycles. The number of amides is 2. The number of hydrogen-bond acceptors (Lipinski definition) is 2. The van der Waals surface area contributed by atoms with Crippen molar-refractivity contribution in [3.8, 4) is 0 Å². The van der Waals surface area contributed by atoms with Gasteiger partial charge in [-0.1, -0.05) is 49.2 Å². The molecule has 2 aromatic carbocycles. The maximum Gasteiger partial charge on any atom is 0.253 e. The van der Waals surface area contributed by atoms with Gasteiger partial charge >= 0.3 is 0 Å². The third-order valence-corrected chi connectivity index (χ3v) is 4.67. The fraction of sp³-hybridized carbons (Fsp3) is 0.333. The van der Waals surface area contributed by atoms with Crippen molar-refractivity contribution in [1.82, 2.24) is 10.2 Å². The normalized spacial score (nSPS) is 14.3. The van der Waals surface area contributed by atoms with Gasteiger partial charge in [0.2, 0.25) is 0 Å². The van der Waals surface area contributed by atoms with E-state index in [2.05, 4.69) is 5.32 Å². The molecule has 1 saturated carbocycles. The van der Waals surface area contributed by atoms with Gasteiger partial charge in [0.25, 0.3) is 11.8 Å². The third kappa shape index (κ3) is 4.47. The molecule has 2 amide bonds. The Bertz CT molecular complexity index is 737. The molecule has 0 bridgehead atoms. The van der Waals surface area contributed by atoms with Crippen LogP contribution < -0.4 is 5.32 Å². The highest BCUT2D eigenvalue weighted by atomic mass is 16.2. The lowest BCUT2D eigenvalue weighted by Gasteiger charge is -2.18. The maximum atomic E-state index is 12.7. The molecular formula is C21H24N2O2. The summed E-state index contributed by atoms with van der Waals surface area (Å²) in [5, 5.41) is 3.07. The number of carbonyl (C=O) groups is 2. The SMILES string of the molecule is CN(Cc1ccccc1)C(=O)c1cccc(C(=O)NC2CCCC2)c1. The monoisotopic (exact) mass is 336 g/mol. The van der Waals surface area contributed by atoms with E-state index >= 15 is 0 Å². The Morgan fingerprint density at radius 1 is 1.00 bits per heavy atom. The van der Waals surface area contributed by atoms with Crippen LogP contribution in [0.25, 0.3) is 0 Å². The minimum atomic E-state index is -0.0905. The van der Waals surface area contributed by atoms with E-state index in [4.69, 9.17) is 0 Å². The Hall–Kier alpha value is -2.62. The zero-order chi connectivity index (χ0) is 17.6. The van der Waals surface area contributed by atoms with Crippen LogP contribution in [0.1, 0.15) is 52.0 Å². The van der Waals surface area contributed by atoms with Crippen molar-refractivity contribution in [3.63, 3.8) is 0 Å². The summed E-state index contributed by atoms with van der Waals surface area (Å²) in [4.78, 5) is 26.7. The van der Waals surface area contributed by atoms with Crippen LogP contribution in [-0.4, -0.2) is 29.8 Å². The minimum absolute atomic E-state index is 0.0839. The average Bonchev–Trinajstić information content (AvgIpc) is 3.15. The van der Waals surface area contributed by atoms with Crippen LogP contribution in [0, 0.1) is 0 Å². The molecular weight excluding hydrogens is 312 g/mol. The highest BCUT2D eigenvalue weighted by Gasteiger charge is 2.19. The van der Waals surface area contributed by atoms with E-state index in [-0.39, 0.29) is 17.9 Å². The Morgan fingerprint density at radius 2 is 1.68 bits per heavy atom. The molecule has 0 aliphatic heterocycles. The molecule has 1 fully saturated rings. The summed E-state index contributed by atoms with van der Waals surface area (Å²) in [5.74, 6) is -0.174. The summed E-state index contributed by atoms with van der Waals surface area (Å²) in [6.07, 6.45) is 4.44. The summed E-state index contributed by atoms with van der Waals surface area (Å²) < 4.78 is 0. The van der Waals surface area contributed by atoms with Gasteiger partial charge in [-0.2, -0.15) is 0 Å². The zero-order valence-electron chi connectivity index (χ0n) is 14.6. The standard InChI is InChI=1S/C21H24N2O2/c1-23(15-16-8-3-2-4-9-16)21(25)18-11-7-10-17(14-18)20(24)22-19-12-5-6-13-19/h2-4,7-11,14,19H,5-6,12-13,15H2,1H3,(H,22,24). The maximum absolute atomic E-state index is 12.7. The van der Waals surface area contributed by atoms with Gasteiger partial charge in [-0.25, -0.2) is 0 Å². The number of benzene rings is 2. The third-order valence-electron chi connectivity index (χ3n) is 4.67. The van der Waals surface area contributed by atoms with Crippen LogP contribution in [-0.2, 0) is 6.54 Å². The van der Waals surface area contributed by atoms with Gasteiger partial charge in [0.15, 0.2) is 0 Å². The first-order valence-corrected chi connectivity index (χ1v) is 8.84. The van der Waals surface area contributed by atoms with E-state index in [0.717, 1.165) is 18.4 Å². The second-order valence-electron chi connectivity index (χ2n) is 6.68. The Balaban J connectivity index is 1.67. The lowest BCUT2D eigenvalue weighted by Crippen LogP contribution is -2.33. The predicted molar refractivity (Wildman–Crippen MR) is 98.4 cm³/mol. The topological polar surface area (TPSA) is 49.4 Å². The van der Waals surface area contributed by atoms with Crippen molar-refractivity contribution in [2.24, 2.45) is 0 Å². The van der Waals surface area contributed by atoms with Gasteiger partial charge in [-0.05, 0) is 36.6 Å². The van der Waals surface area contributed by atoms with Crippen molar-refractivity contribution in [1.29, 1.82) is 0 Å². The molecule has 0 unspecified atom stereocenters. The summed E-state index contributed by atoms with van der Waals surface area (Å²) in [6, 6.07) is 17.1. The van der Waals surface area contributed by atoms with E-state index in [9.17, 15) is 9.59 Å². The molecule has 25 heavy (non-hydrogen) atoms. The second-order valence-corrected chi connectivity index (χ2v) is 6.68. The molecule has 1 aliphatic carbocycles. The fourth-order valence-electron chi connectivity index (χ4n) is 3.28. The van der Waals surface area contributed by atoms with Gasteiger partial charge < -0.3 is 10.2 Å². The number of carbonyl (C=O) groups excluding carboxylic acids is 2. The molecule has 0 heterocycles. The second kappa shape index (κ2) is 7.97. The average molecular weight is 336 g/mol. The molecule has 0 spiro atoms. The summed E-state index contributed by atoms with van der Waals surface area (Å²) in [5.41, 5.74) is 2.16. The van der Waals surface area contributed by atoms with Crippen molar-refractivity contribution in [2.75, 3.05) is 7.05 Å². The van der Waals surface area contributed by atoms with Crippen molar-refractivity contribution < 1.29 is 9.59 Å². The van der Waals surface area contributed by atoms with Crippen LogP contribution in [0.2, 0.25) is 0 Å². The summed E-state index contributed by atoms with van der Waals surface area (Å²) in [7, 11) is 1.78. The van der Waals surface area contributed by atoms with Crippen LogP contribution in [0.5, 0.6) is 0 Å². The molecule has 0 radical (unpaired) electrons. The lowest BCUT2D eigenvalue weighted by atomic mass is 10.1. The van der Waals surface area contributed by atoms with Crippen molar-refractivity contribution in [2.45, 2.75) is 38.3 Å². The summed E-state index contributed by atoms with van der Waals surface area (Å²) >= 11 is 0. The van der Waals surface area contributed by atoms with Crippen LogP contribution >= 0.6 is 0 Å². The van der Waals surface area contributed by atoms with Crippen LogP contribution in [0.4, 0.5) is 0 Å². The molecule has 0 atom stereocenters. The number of hydrogen-bond donors (Lipinski definition) is 1. The Morgan fingerprint density at radius 3 is 2.40 bits per heavy atom. The van der Waals surface area contributed by atoms with Crippen molar-refractivity contribution in [3.05, 3.63) is 71.3 Å². The largest absolute Gasteiger partial charge is 0.349 e. The molecule has 1 aliphatic rings. The van der Waals surface area contributed by atoms with E-state index in [1.807, 2.05) is 30.3 Å². The highest BCUT2D eigenvalue weighted by Crippen LogP contribution is 2.18. The molecule has 3 rings (SSSR count). The molecule has 4 nitrogen and oxygen atoms in total. The number of nitrogens with one attached hydrogen (secondary N) is 1. The minimum Gasteiger partial charge on any atom is -0.349 e. The Labute approximate surface area is 148 Å².